The predicted octanol–water partition coefficient (Wildman–Crippen LogP) is 0.210. The molecule has 2 nitrogen and oxygen atoms in total. The molecule has 0 saturated heterocycles. The Balaban J connectivity index is -0.0000000225. The lowest BCUT2D eigenvalue weighted by atomic mass is 11.0. The van der Waals surface area contributed by atoms with E-state index >= 15 is 0 Å². The third-order valence-corrected chi connectivity index (χ3v) is 0. The molecule has 0 aliphatic carbocycles. The highest BCUT2D eigenvalue weighted by molar-refractivity contribution is 3.54. The summed E-state index contributed by atoms with van der Waals surface area (Å²) in [5, 5.41) is 7.00. The minimum atomic E-state index is 1.00. The van der Waals surface area contributed by atoms with Gasteiger partial charge in [0.05, 0.1) is 0 Å². The molecule has 42 valence electrons. The second-order valence-corrected chi connectivity index (χ2v) is 0. The maximum atomic E-state index is 7.00. The SMILES string of the molecule is CC.CN.CO. The van der Waals surface area contributed by atoms with Crippen molar-refractivity contribution in [1.29, 1.82) is 0 Å². The second kappa shape index (κ2) is 11800. The Kier molecular flexibility index (Phi) is 33100. The topological polar surface area (TPSA) is 46.2 Å². The quantitative estimate of drug-likeness (QED) is 0.449. The van der Waals surface area contributed by atoms with Crippen LogP contribution in [0.1, 0.15) is 13.8 Å². The van der Waals surface area contributed by atoms with Gasteiger partial charge in [0.2, 0.25) is 0 Å². The van der Waals surface area contributed by atoms with E-state index in [1.807, 2.05) is 13.8 Å². The molecular formula is C4H15NO. The molecule has 2 heteroatoms. The maximum absolute atomic E-state index is 7.00. The van der Waals surface area contributed by atoms with Crippen LogP contribution in [0, 0.1) is 0 Å². The van der Waals surface area contributed by atoms with E-state index in [4.69, 9.17) is 5.11 Å². The fourth-order valence-electron chi connectivity index (χ4n) is 0. The van der Waals surface area contributed by atoms with Gasteiger partial charge in [0.15, 0.2) is 0 Å². The molecule has 0 fully saturated rings. The summed E-state index contributed by atoms with van der Waals surface area (Å²) in [7, 11) is 2.50. The molecule has 0 amide bonds. The first-order chi connectivity index (χ1) is 3.00. The Labute approximate surface area is 40.0 Å². The van der Waals surface area contributed by atoms with Crippen molar-refractivity contribution in [2.45, 2.75) is 13.8 Å². The van der Waals surface area contributed by atoms with Gasteiger partial charge in [-0.3, -0.25) is 0 Å². The van der Waals surface area contributed by atoms with Gasteiger partial charge in [0.1, 0.15) is 0 Å². The van der Waals surface area contributed by atoms with E-state index in [1.54, 1.807) is 0 Å². The van der Waals surface area contributed by atoms with E-state index in [2.05, 4.69) is 5.73 Å². The van der Waals surface area contributed by atoms with Gasteiger partial charge in [-0.2, -0.15) is 0 Å². The second-order valence-electron chi connectivity index (χ2n) is 0. The molecule has 0 aliphatic heterocycles. The van der Waals surface area contributed by atoms with Crippen molar-refractivity contribution in [2.75, 3.05) is 14.2 Å². The number of nitrogens with two attached hydrogens (primary N) is 1. The average Bonchev–Trinajstić information content (AvgIpc) is 1.81. The molecule has 0 aromatic rings. The van der Waals surface area contributed by atoms with Gasteiger partial charge in [-0.25, -0.2) is 0 Å². The number of hydrogen-bond acceptors (Lipinski definition) is 2. The normalized spacial score (nSPS) is 3.00. The highest BCUT2D eigenvalue weighted by atomic mass is 16.2. The van der Waals surface area contributed by atoms with Gasteiger partial charge in [0, 0.05) is 7.11 Å². The fourth-order valence-corrected chi connectivity index (χ4v) is 0. The third kappa shape index (κ3) is 5220. The molecule has 0 atom stereocenters. The Morgan fingerprint density at radius 2 is 1.00 bits per heavy atom. The zero-order valence-corrected chi connectivity index (χ0v) is 5.02. The number of aliphatic hydroxyl groups is 1. The van der Waals surface area contributed by atoms with Gasteiger partial charge < -0.3 is 10.8 Å². The number of aliphatic hydroxyl groups excluding tert-OH is 1. The van der Waals surface area contributed by atoms with Crippen LogP contribution in [-0.4, -0.2) is 19.3 Å². The van der Waals surface area contributed by atoms with Crippen molar-refractivity contribution in [2.24, 2.45) is 5.73 Å². The average molecular weight is 93.2 g/mol. The van der Waals surface area contributed by atoms with Crippen molar-refractivity contribution in [3.05, 3.63) is 0 Å². The van der Waals surface area contributed by atoms with Crippen LogP contribution in [0.2, 0.25) is 0 Å². The van der Waals surface area contributed by atoms with E-state index in [0.29, 0.717) is 0 Å². The van der Waals surface area contributed by atoms with Crippen molar-refractivity contribution in [3.8, 4) is 0 Å². The van der Waals surface area contributed by atoms with E-state index in [0.717, 1.165) is 7.11 Å². The molecule has 0 bridgehead atoms. The summed E-state index contributed by atoms with van der Waals surface area (Å²) in [4.78, 5) is 0. The number of hydrogen-bond donors (Lipinski definition) is 2. The van der Waals surface area contributed by atoms with Crippen molar-refractivity contribution < 1.29 is 5.11 Å². The fraction of sp³-hybridized carbons (Fsp3) is 1.00. The minimum Gasteiger partial charge on any atom is -0.400 e. The van der Waals surface area contributed by atoms with E-state index in [1.165, 1.54) is 7.05 Å². The Morgan fingerprint density at radius 1 is 1.00 bits per heavy atom. The number of rotatable bonds is 0. The Morgan fingerprint density at radius 3 is 1.00 bits per heavy atom. The molecule has 0 rings (SSSR count). The van der Waals surface area contributed by atoms with Crippen molar-refractivity contribution in [1.82, 2.24) is 0 Å². The first kappa shape index (κ1) is 16.8. The van der Waals surface area contributed by atoms with Crippen molar-refractivity contribution >= 4 is 0 Å². The summed E-state index contributed by atoms with van der Waals surface area (Å²) >= 11 is 0. The molecule has 0 unspecified atom stereocenters. The van der Waals surface area contributed by atoms with Gasteiger partial charge in [-0.05, 0) is 7.05 Å². The van der Waals surface area contributed by atoms with Gasteiger partial charge in [-0.15, -0.1) is 0 Å². The molecule has 0 radical (unpaired) electrons. The van der Waals surface area contributed by atoms with Crippen LogP contribution < -0.4 is 5.73 Å². The Bertz CT molecular complexity index is 7.51. The molecule has 0 aromatic heterocycles. The summed E-state index contributed by atoms with van der Waals surface area (Å²) in [5.74, 6) is 0. The summed E-state index contributed by atoms with van der Waals surface area (Å²) < 4.78 is 0. The van der Waals surface area contributed by atoms with Gasteiger partial charge in [0.25, 0.3) is 0 Å². The highest BCUT2D eigenvalue weighted by Crippen LogP contribution is 1.14. The van der Waals surface area contributed by atoms with E-state index < -0.39 is 0 Å². The minimum absolute atomic E-state index is 1.00. The highest BCUT2D eigenvalue weighted by Gasteiger charge is 0.932. The first-order valence-corrected chi connectivity index (χ1v) is 2.02. The molecule has 0 aromatic carbocycles. The van der Waals surface area contributed by atoms with Gasteiger partial charge in [-0.1, -0.05) is 13.8 Å². The summed E-state index contributed by atoms with van der Waals surface area (Å²) in [6, 6.07) is 0. The molecular weight excluding hydrogens is 78.0 g/mol. The summed E-state index contributed by atoms with van der Waals surface area (Å²) in [6.45, 7) is 4.00. The predicted molar refractivity (Wildman–Crippen MR) is 29.6 cm³/mol. The van der Waals surface area contributed by atoms with E-state index in [9.17, 15) is 0 Å². The lowest BCUT2D eigenvalue weighted by molar-refractivity contribution is 0.399. The largest absolute Gasteiger partial charge is 0.400 e. The molecule has 0 aliphatic rings. The Hall–Kier alpha value is -0.0800. The standard InChI is InChI=1S/C2H6.CH5N.CH4O/c3*1-2/h1-2H3;2H2,1H3;2H,1H3. The molecule has 0 heterocycles. The van der Waals surface area contributed by atoms with E-state index in [-0.39, 0.29) is 0 Å². The van der Waals surface area contributed by atoms with Crippen LogP contribution in [0.5, 0.6) is 0 Å². The van der Waals surface area contributed by atoms with Crippen LogP contribution >= 0.6 is 0 Å². The van der Waals surface area contributed by atoms with Crippen LogP contribution in [0.3, 0.4) is 0 Å². The smallest absolute Gasteiger partial charge is 0.0319 e. The molecule has 0 spiro atoms. The van der Waals surface area contributed by atoms with Crippen molar-refractivity contribution in [3.63, 3.8) is 0 Å². The lowest BCUT2D eigenvalue weighted by Crippen LogP contribution is -1.69. The molecule has 0 saturated carbocycles. The zero-order chi connectivity index (χ0) is 6.00. The summed E-state index contributed by atoms with van der Waals surface area (Å²) in [5.41, 5.74) is 4.50. The first-order valence-electron chi connectivity index (χ1n) is 2.02. The molecule has 3 N–H and O–H groups in total. The van der Waals surface area contributed by atoms with Crippen LogP contribution in [0.25, 0.3) is 0 Å². The van der Waals surface area contributed by atoms with Crippen LogP contribution in [-0.2, 0) is 0 Å². The zero-order valence-electron chi connectivity index (χ0n) is 5.02. The maximum Gasteiger partial charge on any atom is 0.0319 e. The summed E-state index contributed by atoms with van der Waals surface area (Å²) in [6.07, 6.45) is 0. The van der Waals surface area contributed by atoms with Crippen LogP contribution in [0.15, 0.2) is 0 Å². The molecule has 6 heavy (non-hydrogen) atoms. The third-order valence-electron chi connectivity index (χ3n) is 0. The van der Waals surface area contributed by atoms with Gasteiger partial charge >= 0.3 is 0 Å². The monoisotopic (exact) mass is 93.1 g/mol. The van der Waals surface area contributed by atoms with Crippen LogP contribution in [0.4, 0.5) is 0 Å². The lowest BCUT2D eigenvalue weighted by Gasteiger charge is -1.21.